The van der Waals surface area contributed by atoms with E-state index in [9.17, 15) is 8.42 Å². The second-order valence-electron chi connectivity index (χ2n) is 2.77. The third kappa shape index (κ3) is 3.00. The maximum atomic E-state index is 11.2. The number of ether oxygens (including phenoxy) is 1. The highest BCUT2D eigenvalue weighted by Crippen LogP contribution is 2.25. The van der Waals surface area contributed by atoms with Gasteiger partial charge in [-0.15, -0.1) is 0 Å². The Morgan fingerprint density at radius 1 is 1.40 bits per heavy atom. The van der Waals surface area contributed by atoms with Gasteiger partial charge in [0.2, 0.25) is 0 Å². The van der Waals surface area contributed by atoms with E-state index in [4.69, 9.17) is 10.5 Å². The van der Waals surface area contributed by atoms with Crippen molar-refractivity contribution in [3.63, 3.8) is 0 Å². The number of hydrogen-bond acceptors (Lipinski definition) is 4. The predicted octanol–water partition coefficient (Wildman–Crippen LogP) is 0.153. The van der Waals surface area contributed by atoms with Crippen LogP contribution in [0.3, 0.4) is 0 Å². The lowest BCUT2D eigenvalue weighted by Gasteiger charge is -2.09. The lowest BCUT2D eigenvalue weighted by Crippen LogP contribution is -2.26. The largest absolute Gasteiger partial charge is 0.495 e. The Morgan fingerprint density at radius 3 is 2.60 bits per heavy atom. The third-order valence-corrected chi connectivity index (χ3v) is 2.80. The molecule has 0 saturated heterocycles. The summed E-state index contributed by atoms with van der Waals surface area (Å²) in [6.45, 7) is 0. The van der Waals surface area contributed by atoms with Crippen molar-refractivity contribution in [1.29, 1.82) is 0 Å². The molecule has 0 aromatic heterocycles. The minimum Gasteiger partial charge on any atom is -0.495 e. The summed E-state index contributed by atoms with van der Waals surface area (Å²) in [5, 5.41) is 0. The molecule has 1 aromatic carbocycles. The van der Waals surface area contributed by atoms with Crippen molar-refractivity contribution in [3.05, 3.63) is 18.2 Å². The van der Waals surface area contributed by atoms with Crippen LogP contribution in [0.4, 0.5) is 11.4 Å². The fourth-order valence-electron chi connectivity index (χ4n) is 0.981. The summed E-state index contributed by atoms with van der Waals surface area (Å²) in [7, 11) is -0.730. The van der Waals surface area contributed by atoms with Crippen molar-refractivity contribution in [3.8, 4) is 5.75 Å². The Bertz CT molecular complexity index is 444. The topological polar surface area (TPSA) is 93.5 Å². The lowest BCUT2D eigenvalue weighted by atomic mass is 10.3. The van der Waals surface area contributed by atoms with Crippen LogP contribution < -0.4 is 19.9 Å². The van der Waals surface area contributed by atoms with Crippen LogP contribution in [-0.4, -0.2) is 22.6 Å². The van der Waals surface area contributed by atoms with Gasteiger partial charge in [-0.1, -0.05) is 0 Å². The van der Waals surface area contributed by atoms with Crippen molar-refractivity contribution in [2.24, 2.45) is 0 Å². The standard InChI is InChI=1S/C8H13N3O3S/c1-10-15(12,13)11-6-3-4-7(9)8(5-6)14-2/h3-5,10-11H,9H2,1-2H3. The molecule has 84 valence electrons. The first kappa shape index (κ1) is 11.6. The lowest BCUT2D eigenvalue weighted by molar-refractivity contribution is 0.417. The Morgan fingerprint density at radius 2 is 2.07 bits per heavy atom. The highest BCUT2D eigenvalue weighted by atomic mass is 32.2. The molecule has 0 spiro atoms. The smallest absolute Gasteiger partial charge is 0.298 e. The van der Waals surface area contributed by atoms with E-state index in [-0.39, 0.29) is 0 Å². The second kappa shape index (κ2) is 4.37. The van der Waals surface area contributed by atoms with Gasteiger partial charge in [-0.2, -0.15) is 8.42 Å². The molecule has 0 aliphatic carbocycles. The maximum Gasteiger partial charge on any atom is 0.298 e. The van der Waals surface area contributed by atoms with Crippen molar-refractivity contribution < 1.29 is 13.2 Å². The molecule has 0 fully saturated rings. The van der Waals surface area contributed by atoms with Gasteiger partial charge in [0.1, 0.15) is 5.75 Å². The molecular weight excluding hydrogens is 218 g/mol. The Hall–Kier alpha value is -1.47. The summed E-state index contributed by atoms with van der Waals surface area (Å²) in [6.07, 6.45) is 0. The van der Waals surface area contributed by atoms with E-state index in [0.29, 0.717) is 17.1 Å². The van der Waals surface area contributed by atoms with Gasteiger partial charge in [0, 0.05) is 13.1 Å². The molecule has 0 aliphatic rings. The summed E-state index contributed by atoms with van der Waals surface area (Å²) in [5.41, 5.74) is 6.41. The van der Waals surface area contributed by atoms with Gasteiger partial charge in [0.05, 0.1) is 18.5 Å². The predicted molar refractivity (Wildman–Crippen MR) is 59.0 cm³/mol. The fourth-order valence-corrected chi connectivity index (χ4v) is 1.52. The summed E-state index contributed by atoms with van der Waals surface area (Å²) >= 11 is 0. The van der Waals surface area contributed by atoms with E-state index in [1.807, 2.05) is 0 Å². The quantitative estimate of drug-likeness (QED) is 0.643. The van der Waals surface area contributed by atoms with Crippen molar-refractivity contribution in [1.82, 2.24) is 4.72 Å². The van der Waals surface area contributed by atoms with Gasteiger partial charge in [0.25, 0.3) is 10.2 Å². The Kier molecular flexibility index (Phi) is 3.38. The van der Waals surface area contributed by atoms with Crippen LogP contribution in [0.15, 0.2) is 18.2 Å². The van der Waals surface area contributed by atoms with Gasteiger partial charge in [-0.25, -0.2) is 4.72 Å². The van der Waals surface area contributed by atoms with Crippen molar-refractivity contribution >= 4 is 21.6 Å². The first-order valence-electron chi connectivity index (χ1n) is 4.13. The number of hydrogen-bond donors (Lipinski definition) is 3. The summed E-state index contributed by atoms with van der Waals surface area (Å²) in [5.74, 6) is 0.423. The average molecular weight is 231 g/mol. The maximum absolute atomic E-state index is 11.2. The molecule has 1 aromatic rings. The van der Waals surface area contributed by atoms with Gasteiger partial charge < -0.3 is 10.5 Å². The minimum absolute atomic E-state index is 0.385. The zero-order valence-electron chi connectivity index (χ0n) is 8.44. The second-order valence-corrected chi connectivity index (χ2v) is 4.39. The van der Waals surface area contributed by atoms with E-state index in [0.717, 1.165) is 0 Å². The van der Waals surface area contributed by atoms with Crippen LogP contribution in [0.25, 0.3) is 0 Å². The SMILES string of the molecule is CNS(=O)(=O)Nc1ccc(N)c(OC)c1. The van der Waals surface area contributed by atoms with E-state index in [1.165, 1.54) is 20.2 Å². The first-order chi connectivity index (χ1) is 6.98. The van der Waals surface area contributed by atoms with Crippen LogP contribution >= 0.6 is 0 Å². The molecule has 0 radical (unpaired) electrons. The number of benzene rings is 1. The molecule has 0 bridgehead atoms. The van der Waals surface area contributed by atoms with Crippen molar-refractivity contribution in [2.75, 3.05) is 24.6 Å². The minimum atomic E-state index is -3.51. The summed E-state index contributed by atoms with van der Waals surface area (Å²) < 4.78 is 31.7. The molecule has 0 unspecified atom stereocenters. The molecule has 0 saturated carbocycles. The number of anilines is 2. The molecule has 0 amide bonds. The van der Waals surface area contributed by atoms with Gasteiger partial charge in [-0.3, -0.25) is 4.72 Å². The number of methoxy groups -OCH3 is 1. The molecule has 4 N–H and O–H groups in total. The molecule has 0 heterocycles. The van der Waals surface area contributed by atoms with Crippen LogP contribution in [-0.2, 0) is 10.2 Å². The number of nitrogen functional groups attached to an aromatic ring is 1. The molecule has 0 aliphatic heterocycles. The van der Waals surface area contributed by atoms with Crippen LogP contribution in [0.1, 0.15) is 0 Å². The zero-order valence-corrected chi connectivity index (χ0v) is 9.26. The zero-order chi connectivity index (χ0) is 11.5. The highest BCUT2D eigenvalue weighted by Gasteiger charge is 2.07. The van der Waals surface area contributed by atoms with Gasteiger partial charge in [-0.05, 0) is 12.1 Å². The average Bonchev–Trinajstić information content (AvgIpc) is 2.20. The summed E-state index contributed by atoms with van der Waals surface area (Å²) in [4.78, 5) is 0. The van der Waals surface area contributed by atoms with Crippen LogP contribution in [0.2, 0.25) is 0 Å². The van der Waals surface area contributed by atoms with E-state index < -0.39 is 10.2 Å². The van der Waals surface area contributed by atoms with E-state index in [1.54, 1.807) is 12.1 Å². The van der Waals surface area contributed by atoms with E-state index >= 15 is 0 Å². The Balaban J connectivity index is 2.98. The number of rotatable bonds is 4. The molecule has 6 nitrogen and oxygen atoms in total. The van der Waals surface area contributed by atoms with E-state index in [2.05, 4.69) is 9.44 Å². The first-order valence-corrected chi connectivity index (χ1v) is 5.61. The third-order valence-electron chi connectivity index (χ3n) is 1.75. The molecule has 15 heavy (non-hydrogen) atoms. The Labute approximate surface area is 88.6 Å². The van der Waals surface area contributed by atoms with Gasteiger partial charge >= 0.3 is 0 Å². The monoisotopic (exact) mass is 231 g/mol. The fraction of sp³-hybridized carbons (Fsp3) is 0.250. The molecule has 7 heteroatoms. The number of nitrogens with two attached hydrogens (primary N) is 1. The molecular formula is C8H13N3O3S. The molecule has 0 atom stereocenters. The highest BCUT2D eigenvalue weighted by molar-refractivity contribution is 7.90. The molecule has 1 rings (SSSR count). The summed E-state index contributed by atoms with van der Waals surface area (Å²) in [6, 6.07) is 4.61. The van der Waals surface area contributed by atoms with Crippen LogP contribution in [0, 0.1) is 0 Å². The van der Waals surface area contributed by atoms with Crippen molar-refractivity contribution in [2.45, 2.75) is 0 Å². The van der Waals surface area contributed by atoms with Gasteiger partial charge in [0.15, 0.2) is 0 Å². The number of nitrogens with one attached hydrogen (secondary N) is 2. The van der Waals surface area contributed by atoms with Crippen LogP contribution in [0.5, 0.6) is 5.75 Å². The normalized spacial score (nSPS) is 11.1.